The van der Waals surface area contributed by atoms with Crippen molar-refractivity contribution in [1.29, 1.82) is 5.26 Å². The molecule has 0 atom stereocenters. The first-order valence-corrected chi connectivity index (χ1v) is 4.41. The lowest BCUT2D eigenvalue weighted by molar-refractivity contribution is 1.05. The number of nitrogens with zero attached hydrogens (tertiary/aromatic N) is 2. The fourth-order valence-corrected chi connectivity index (χ4v) is 1.30. The molecule has 0 unspecified atom stereocenters. The third kappa shape index (κ3) is 2.19. The Morgan fingerprint density at radius 3 is 2.86 bits per heavy atom. The summed E-state index contributed by atoms with van der Waals surface area (Å²) in [5.74, 6) is 2.51. The normalized spacial score (nSPS) is 8.86. The number of benzene rings is 1. The molecule has 0 spiro atoms. The summed E-state index contributed by atoms with van der Waals surface area (Å²) < 4.78 is 0. The van der Waals surface area contributed by atoms with E-state index in [0.29, 0.717) is 17.1 Å². The van der Waals surface area contributed by atoms with Crippen molar-refractivity contribution in [3.63, 3.8) is 0 Å². The lowest BCUT2D eigenvalue weighted by Crippen LogP contribution is -2.18. The van der Waals surface area contributed by atoms with Crippen molar-refractivity contribution in [3.05, 3.63) is 28.8 Å². The Kier molecular flexibility index (Phi) is 3.40. The minimum Gasteiger partial charge on any atom is -0.362 e. The summed E-state index contributed by atoms with van der Waals surface area (Å²) in [4.78, 5) is 1.81. The maximum absolute atomic E-state index is 8.86. The number of hydrogen-bond donors (Lipinski definition) is 0. The molecule has 2 nitrogen and oxygen atoms in total. The molecule has 1 aromatic carbocycles. The molecule has 0 bridgehead atoms. The largest absolute Gasteiger partial charge is 0.362 e. The highest BCUT2D eigenvalue weighted by Gasteiger charge is 2.06. The topological polar surface area (TPSA) is 27.0 Å². The molecular weight excluding hydrogens is 196 g/mol. The molecule has 0 aliphatic rings. The Bertz CT molecular complexity index is 412. The van der Waals surface area contributed by atoms with E-state index in [0.717, 1.165) is 5.69 Å². The van der Waals surface area contributed by atoms with Crippen molar-refractivity contribution in [2.45, 2.75) is 0 Å². The first kappa shape index (κ1) is 10.4. The lowest BCUT2D eigenvalue weighted by Gasteiger charge is -2.17. The van der Waals surface area contributed by atoms with Gasteiger partial charge in [-0.25, -0.2) is 0 Å². The summed E-state index contributed by atoms with van der Waals surface area (Å²) in [6.45, 7) is 0.453. The SMILES string of the molecule is C#CCN(C)c1cc(Cl)ccc1C#N. The van der Waals surface area contributed by atoms with Crippen molar-refractivity contribution in [2.75, 3.05) is 18.5 Å². The fraction of sp³-hybridized carbons (Fsp3) is 0.182. The Labute approximate surface area is 88.7 Å². The van der Waals surface area contributed by atoms with Gasteiger partial charge in [-0.3, -0.25) is 0 Å². The van der Waals surface area contributed by atoms with Gasteiger partial charge < -0.3 is 4.90 Å². The van der Waals surface area contributed by atoms with Crippen LogP contribution in [0.2, 0.25) is 5.02 Å². The molecule has 0 radical (unpaired) electrons. The average molecular weight is 205 g/mol. The average Bonchev–Trinajstić information content (AvgIpc) is 2.18. The number of anilines is 1. The van der Waals surface area contributed by atoms with Crippen molar-refractivity contribution < 1.29 is 0 Å². The highest BCUT2D eigenvalue weighted by Crippen LogP contribution is 2.23. The molecule has 0 N–H and O–H groups in total. The maximum Gasteiger partial charge on any atom is 0.101 e. The van der Waals surface area contributed by atoms with E-state index in [1.807, 2.05) is 11.9 Å². The molecule has 70 valence electrons. The second kappa shape index (κ2) is 4.56. The van der Waals surface area contributed by atoms with Gasteiger partial charge in [0, 0.05) is 12.1 Å². The van der Waals surface area contributed by atoms with Gasteiger partial charge in [-0.1, -0.05) is 17.5 Å². The van der Waals surface area contributed by atoms with Crippen molar-refractivity contribution >= 4 is 17.3 Å². The Balaban J connectivity index is 3.13. The van der Waals surface area contributed by atoms with Gasteiger partial charge in [0.2, 0.25) is 0 Å². The van der Waals surface area contributed by atoms with Crippen LogP contribution in [-0.2, 0) is 0 Å². The van der Waals surface area contributed by atoms with E-state index in [-0.39, 0.29) is 0 Å². The van der Waals surface area contributed by atoms with Crippen LogP contribution >= 0.6 is 11.6 Å². The Morgan fingerprint density at radius 2 is 2.29 bits per heavy atom. The molecule has 1 rings (SSSR count). The molecule has 0 saturated carbocycles. The van der Waals surface area contributed by atoms with Crippen molar-refractivity contribution in [2.24, 2.45) is 0 Å². The van der Waals surface area contributed by atoms with Crippen LogP contribution in [0.15, 0.2) is 18.2 Å². The molecule has 0 aromatic heterocycles. The summed E-state index contributed by atoms with van der Waals surface area (Å²) in [5.41, 5.74) is 1.34. The van der Waals surface area contributed by atoms with Crippen LogP contribution in [0.4, 0.5) is 5.69 Å². The van der Waals surface area contributed by atoms with Gasteiger partial charge in [-0.2, -0.15) is 5.26 Å². The Hall–Kier alpha value is -1.64. The zero-order valence-corrected chi connectivity index (χ0v) is 8.54. The molecule has 0 aliphatic carbocycles. The zero-order valence-electron chi connectivity index (χ0n) is 7.79. The molecule has 0 saturated heterocycles. The summed E-state index contributed by atoms with van der Waals surface area (Å²) in [6.07, 6.45) is 5.19. The molecular formula is C11H9ClN2. The van der Waals surface area contributed by atoms with E-state index in [2.05, 4.69) is 12.0 Å². The summed E-state index contributed by atoms with van der Waals surface area (Å²) in [7, 11) is 1.83. The van der Waals surface area contributed by atoms with Gasteiger partial charge in [0.25, 0.3) is 0 Å². The molecule has 3 heteroatoms. The number of halogens is 1. The van der Waals surface area contributed by atoms with Crippen LogP contribution < -0.4 is 4.90 Å². The quantitative estimate of drug-likeness (QED) is 0.692. The second-order valence-corrected chi connectivity index (χ2v) is 3.27. The molecule has 0 aliphatic heterocycles. The van der Waals surface area contributed by atoms with Gasteiger partial charge in [0.1, 0.15) is 6.07 Å². The van der Waals surface area contributed by atoms with Gasteiger partial charge in [0.15, 0.2) is 0 Å². The second-order valence-electron chi connectivity index (χ2n) is 2.83. The third-order valence-corrected chi connectivity index (χ3v) is 2.06. The van der Waals surface area contributed by atoms with Gasteiger partial charge in [0.05, 0.1) is 17.8 Å². The Morgan fingerprint density at radius 1 is 1.57 bits per heavy atom. The van der Waals surface area contributed by atoms with Crippen LogP contribution in [0.25, 0.3) is 0 Å². The van der Waals surface area contributed by atoms with Crippen molar-refractivity contribution in [1.82, 2.24) is 0 Å². The van der Waals surface area contributed by atoms with E-state index in [1.54, 1.807) is 18.2 Å². The molecule has 1 aromatic rings. The minimum absolute atomic E-state index is 0.453. The first-order valence-electron chi connectivity index (χ1n) is 4.03. The molecule has 14 heavy (non-hydrogen) atoms. The van der Waals surface area contributed by atoms with E-state index in [9.17, 15) is 0 Å². The van der Waals surface area contributed by atoms with E-state index in [4.69, 9.17) is 23.3 Å². The minimum atomic E-state index is 0.453. The monoisotopic (exact) mass is 204 g/mol. The number of nitriles is 1. The highest BCUT2D eigenvalue weighted by atomic mass is 35.5. The highest BCUT2D eigenvalue weighted by molar-refractivity contribution is 6.30. The summed E-state index contributed by atoms with van der Waals surface area (Å²) >= 11 is 5.83. The predicted octanol–water partition coefficient (Wildman–Crippen LogP) is 2.28. The first-order chi connectivity index (χ1) is 6.69. The van der Waals surface area contributed by atoms with E-state index >= 15 is 0 Å². The third-order valence-electron chi connectivity index (χ3n) is 1.82. The van der Waals surface area contributed by atoms with E-state index in [1.165, 1.54) is 0 Å². The smallest absolute Gasteiger partial charge is 0.101 e. The predicted molar refractivity (Wildman–Crippen MR) is 58.3 cm³/mol. The van der Waals surface area contributed by atoms with Crippen LogP contribution in [0.1, 0.15) is 5.56 Å². The number of hydrogen-bond acceptors (Lipinski definition) is 2. The van der Waals surface area contributed by atoms with Gasteiger partial charge in [-0.15, -0.1) is 6.42 Å². The summed E-state index contributed by atoms with van der Waals surface area (Å²) in [5, 5.41) is 9.45. The number of rotatable bonds is 2. The standard InChI is InChI=1S/C11H9ClN2/c1-3-6-14(2)11-7-10(12)5-4-9(11)8-13/h1,4-5,7H,6H2,2H3. The summed E-state index contributed by atoms with van der Waals surface area (Å²) in [6, 6.07) is 7.20. The van der Waals surface area contributed by atoms with Crippen molar-refractivity contribution in [3.8, 4) is 18.4 Å². The molecule has 0 heterocycles. The lowest BCUT2D eigenvalue weighted by atomic mass is 10.2. The van der Waals surface area contributed by atoms with Crippen LogP contribution in [0, 0.1) is 23.7 Å². The maximum atomic E-state index is 8.86. The van der Waals surface area contributed by atoms with Gasteiger partial charge >= 0.3 is 0 Å². The molecule has 0 amide bonds. The number of terminal acetylenes is 1. The van der Waals surface area contributed by atoms with Gasteiger partial charge in [-0.05, 0) is 18.2 Å². The van der Waals surface area contributed by atoms with Crippen LogP contribution in [0.5, 0.6) is 0 Å². The van der Waals surface area contributed by atoms with Crippen LogP contribution in [0.3, 0.4) is 0 Å². The molecule has 0 fully saturated rings. The van der Waals surface area contributed by atoms with Crippen LogP contribution in [-0.4, -0.2) is 13.6 Å². The van der Waals surface area contributed by atoms with E-state index < -0.39 is 0 Å². The zero-order chi connectivity index (χ0) is 10.6. The fourth-order valence-electron chi connectivity index (χ4n) is 1.14.